The van der Waals surface area contributed by atoms with Crippen molar-refractivity contribution in [1.82, 2.24) is 20.1 Å². The lowest BCUT2D eigenvalue weighted by Crippen LogP contribution is -2.45. The lowest BCUT2D eigenvalue weighted by molar-refractivity contribution is -0.137. The first-order valence-corrected chi connectivity index (χ1v) is 11.6. The van der Waals surface area contributed by atoms with E-state index in [1.54, 1.807) is 13.0 Å². The zero-order valence-corrected chi connectivity index (χ0v) is 20.9. The second-order valence-electron chi connectivity index (χ2n) is 9.59. The van der Waals surface area contributed by atoms with Crippen molar-refractivity contribution in [3.05, 3.63) is 48.0 Å². The molecule has 1 N–H and O–H groups in total. The molecule has 1 aliphatic heterocycles. The fourth-order valence-corrected chi connectivity index (χ4v) is 3.85. The average molecular weight is 521 g/mol. The van der Waals surface area contributed by atoms with Crippen LogP contribution in [-0.4, -0.2) is 50.6 Å². The van der Waals surface area contributed by atoms with Crippen molar-refractivity contribution in [3.8, 4) is 11.4 Å². The summed E-state index contributed by atoms with van der Waals surface area (Å²) in [6.45, 7) is 9.50. The third-order valence-electron chi connectivity index (χ3n) is 5.48. The van der Waals surface area contributed by atoms with Gasteiger partial charge in [-0.25, -0.2) is 9.78 Å². The van der Waals surface area contributed by atoms with Crippen LogP contribution in [0.3, 0.4) is 0 Å². The summed E-state index contributed by atoms with van der Waals surface area (Å²) in [7, 11) is 0. The number of cyclic esters (lactones) is 1. The van der Waals surface area contributed by atoms with Crippen LogP contribution in [0.4, 0.5) is 29.7 Å². The summed E-state index contributed by atoms with van der Waals surface area (Å²) in [5, 5.41) is 6.81. The molecule has 0 unspecified atom stereocenters. The third-order valence-corrected chi connectivity index (χ3v) is 5.48. The first-order valence-electron chi connectivity index (χ1n) is 11.6. The van der Waals surface area contributed by atoms with Crippen molar-refractivity contribution in [1.29, 1.82) is 0 Å². The lowest BCUT2D eigenvalue weighted by Gasteiger charge is -2.31. The number of amides is 1. The largest absolute Gasteiger partial charge is 0.447 e. The fraction of sp³-hybridized carbons (Fsp3) is 0.458. The predicted molar refractivity (Wildman–Crippen MR) is 127 cm³/mol. The van der Waals surface area contributed by atoms with Crippen molar-refractivity contribution in [3.63, 3.8) is 0 Å². The summed E-state index contributed by atoms with van der Waals surface area (Å²) < 4.78 is 55.7. The van der Waals surface area contributed by atoms with E-state index in [1.165, 1.54) is 23.2 Å². The van der Waals surface area contributed by atoms with Crippen LogP contribution in [-0.2, 0) is 15.7 Å². The van der Waals surface area contributed by atoms with E-state index in [9.17, 15) is 18.0 Å². The van der Waals surface area contributed by atoms with Crippen molar-refractivity contribution >= 4 is 17.9 Å². The molecule has 1 amide bonds. The summed E-state index contributed by atoms with van der Waals surface area (Å²) in [6, 6.07) is 5.26. The number of anilines is 2. The van der Waals surface area contributed by atoms with Crippen LogP contribution in [0, 0.1) is 0 Å². The number of carbonyl (C=O) groups excluding carboxylic acids is 1. The van der Waals surface area contributed by atoms with Gasteiger partial charge in [0.2, 0.25) is 17.7 Å². The van der Waals surface area contributed by atoms with E-state index in [-0.39, 0.29) is 35.9 Å². The first-order chi connectivity index (χ1) is 17.3. The van der Waals surface area contributed by atoms with Gasteiger partial charge in [0, 0.05) is 11.8 Å². The van der Waals surface area contributed by atoms with Crippen molar-refractivity contribution in [2.45, 2.75) is 64.6 Å². The van der Waals surface area contributed by atoms with Crippen LogP contribution in [0.1, 0.15) is 52.1 Å². The third kappa shape index (κ3) is 6.16. The number of aromatic nitrogens is 4. The molecule has 10 nitrogen and oxygen atoms in total. The topological polar surface area (TPSA) is 116 Å². The number of carbonyl (C=O) groups is 1. The monoisotopic (exact) mass is 520 g/mol. The molecule has 2 aromatic heterocycles. The molecule has 0 spiro atoms. The minimum Gasteiger partial charge on any atom is -0.447 e. The average Bonchev–Trinajstić information content (AvgIpc) is 3.45. The fourth-order valence-electron chi connectivity index (χ4n) is 3.85. The number of hydrogen-bond acceptors (Lipinski definition) is 9. The highest BCUT2D eigenvalue weighted by molar-refractivity contribution is 5.89. The summed E-state index contributed by atoms with van der Waals surface area (Å²) >= 11 is 0. The number of rotatable bonds is 7. The van der Waals surface area contributed by atoms with Crippen LogP contribution in [0.25, 0.3) is 11.4 Å². The molecule has 13 heteroatoms. The Balaban J connectivity index is 1.50. The Kier molecular flexibility index (Phi) is 7.09. The molecule has 1 aliphatic rings. The van der Waals surface area contributed by atoms with Gasteiger partial charge in [0.15, 0.2) is 0 Å². The molecule has 37 heavy (non-hydrogen) atoms. The molecule has 1 fully saturated rings. The maximum atomic E-state index is 13.0. The SMILES string of the molecule is C[C@H](Nc1nccc(N2C(=O)OC[C@@H]2[C@@H](C)OC(C)(C)C)n1)c1nc(-c2cccc(C(F)(F)F)c2)no1. The summed E-state index contributed by atoms with van der Waals surface area (Å²) in [4.78, 5) is 26.8. The number of hydrogen-bond donors (Lipinski definition) is 1. The quantitative estimate of drug-likeness (QED) is 0.446. The molecule has 3 aromatic rings. The molecule has 1 saturated heterocycles. The number of halogens is 3. The van der Waals surface area contributed by atoms with Gasteiger partial charge in [-0.2, -0.15) is 23.1 Å². The van der Waals surface area contributed by atoms with Crippen molar-refractivity contribution in [2.24, 2.45) is 0 Å². The smallest absolute Gasteiger partial charge is 0.416 e. The van der Waals surface area contributed by atoms with E-state index in [2.05, 4.69) is 25.4 Å². The normalized spacial score (nSPS) is 18.0. The van der Waals surface area contributed by atoms with E-state index < -0.39 is 35.5 Å². The van der Waals surface area contributed by atoms with Crippen LogP contribution in [0.2, 0.25) is 0 Å². The molecule has 198 valence electrons. The van der Waals surface area contributed by atoms with Gasteiger partial charge in [-0.15, -0.1) is 0 Å². The number of ether oxygens (including phenoxy) is 2. The van der Waals surface area contributed by atoms with E-state index >= 15 is 0 Å². The second kappa shape index (κ2) is 9.96. The van der Waals surface area contributed by atoms with Crippen LogP contribution < -0.4 is 10.2 Å². The molecule has 1 aromatic carbocycles. The molecule has 0 saturated carbocycles. The van der Waals surface area contributed by atoms with Crippen LogP contribution >= 0.6 is 0 Å². The molecular formula is C24H27F3N6O4. The summed E-state index contributed by atoms with van der Waals surface area (Å²) in [5.74, 6) is 0.621. The van der Waals surface area contributed by atoms with Gasteiger partial charge in [0.25, 0.3) is 0 Å². The number of nitrogens with one attached hydrogen (secondary N) is 1. The van der Waals surface area contributed by atoms with E-state index in [0.29, 0.717) is 5.82 Å². The van der Waals surface area contributed by atoms with Crippen molar-refractivity contribution < 1.29 is 32.0 Å². The Bertz CT molecular complexity index is 1260. The summed E-state index contributed by atoms with van der Waals surface area (Å²) in [6.07, 6.45) is -3.88. The zero-order valence-electron chi connectivity index (χ0n) is 20.9. The van der Waals surface area contributed by atoms with E-state index in [0.717, 1.165) is 12.1 Å². The molecular weight excluding hydrogens is 493 g/mol. The minimum absolute atomic E-state index is 0.0138. The first kappa shape index (κ1) is 26.3. The Morgan fingerprint density at radius 3 is 2.62 bits per heavy atom. The minimum atomic E-state index is -4.49. The van der Waals surface area contributed by atoms with E-state index in [1.807, 2.05) is 27.7 Å². The standard InChI is InChI=1S/C24H27F3N6O4/c1-13(20-31-19(32-37-20)15-7-6-8-16(11-15)24(25,26)27)29-21-28-10-9-18(30-21)33-17(12-35-22(33)34)14(2)36-23(3,4)5/h6-11,13-14,17H,12H2,1-5H3,(H,28,29,30)/t13-,14+,17+/m0/s1. The van der Waals surface area contributed by atoms with Crippen LogP contribution in [0.5, 0.6) is 0 Å². The second-order valence-corrected chi connectivity index (χ2v) is 9.59. The molecule has 3 heterocycles. The van der Waals surface area contributed by atoms with Gasteiger partial charge in [-0.3, -0.25) is 4.90 Å². The van der Waals surface area contributed by atoms with Gasteiger partial charge in [0.1, 0.15) is 24.5 Å². The summed E-state index contributed by atoms with van der Waals surface area (Å²) in [5.41, 5.74) is -1.06. The highest BCUT2D eigenvalue weighted by Crippen LogP contribution is 2.32. The molecule has 0 aliphatic carbocycles. The number of benzene rings is 1. The maximum Gasteiger partial charge on any atom is 0.416 e. The van der Waals surface area contributed by atoms with E-state index in [4.69, 9.17) is 14.0 Å². The van der Waals surface area contributed by atoms with Gasteiger partial charge in [-0.1, -0.05) is 17.3 Å². The molecule has 0 radical (unpaired) electrons. The Morgan fingerprint density at radius 1 is 1.16 bits per heavy atom. The van der Waals surface area contributed by atoms with Gasteiger partial charge < -0.3 is 19.3 Å². The van der Waals surface area contributed by atoms with Gasteiger partial charge >= 0.3 is 12.3 Å². The van der Waals surface area contributed by atoms with Gasteiger partial charge in [0.05, 0.1) is 17.3 Å². The van der Waals surface area contributed by atoms with Crippen LogP contribution in [0.15, 0.2) is 41.1 Å². The van der Waals surface area contributed by atoms with Crippen molar-refractivity contribution in [2.75, 3.05) is 16.8 Å². The Hall–Kier alpha value is -3.74. The Morgan fingerprint density at radius 2 is 1.92 bits per heavy atom. The predicted octanol–water partition coefficient (Wildman–Crippen LogP) is 5.25. The zero-order chi connectivity index (χ0) is 27.0. The number of nitrogens with zero attached hydrogens (tertiary/aromatic N) is 5. The highest BCUT2D eigenvalue weighted by Gasteiger charge is 2.40. The molecule has 4 rings (SSSR count). The number of alkyl halides is 3. The highest BCUT2D eigenvalue weighted by atomic mass is 19.4. The van der Waals surface area contributed by atoms with Gasteiger partial charge in [-0.05, 0) is 52.8 Å². The molecule has 3 atom stereocenters. The Labute approximate surface area is 211 Å². The maximum absolute atomic E-state index is 13.0. The lowest BCUT2D eigenvalue weighted by atomic mass is 10.1. The molecule has 0 bridgehead atoms.